The number of nitrogens with one attached hydrogen (secondary N) is 1. The predicted octanol–water partition coefficient (Wildman–Crippen LogP) is 1.28. The van der Waals surface area contributed by atoms with Crippen molar-refractivity contribution >= 4 is 11.9 Å². The average molecular weight is 267 g/mol. The highest BCUT2D eigenvalue weighted by Crippen LogP contribution is 2.19. The normalized spacial score (nSPS) is 11.3. The fourth-order valence-corrected chi connectivity index (χ4v) is 1.61. The average Bonchev–Trinajstić information content (AvgIpc) is 2.80. The third kappa shape index (κ3) is 5.54. The molecule has 1 aromatic heterocycles. The second kappa shape index (κ2) is 6.92. The van der Waals surface area contributed by atoms with Gasteiger partial charge in [0.15, 0.2) is 0 Å². The molecule has 1 rings (SSSR count). The van der Waals surface area contributed by atoms with Gasteiger partial charge in [0.05, 0.1) is 11.7 Å². The van der Waals surface area contributed by atoms with Gasteiger partial charge in [-0.2, -0.15) is 0 Å². The molecule has 1 amide bonds. The van der Waals surface area contributed by atoms with E-state index in [1.165, 1.54) is 0 Å². The van der Waals surface area contributed by atoms with E-state index in [4.69, 9.17) is 5.11 Å². The van der Waals surface area contributed by atoms with Crippen molar-refractivity contribution in [3.63, 3.8) is 0 Å². The van der Waals surface area contributed by atoms with Crippen LogP contribution < -0.4 is 5.32 Å². The lowest BCUT2D eigenvalue weighted by Gasteiger charge is -2.18. The largest absolute Gasteiger partial charge is 0.481 e. The summed E-state index contributed by atoms with van der Waals surface area (Å²) in [5.41, 5.74) is -1.01. The lowest BCUT2D eigenvalue weighted by atomic mass is 9.89. The van der Waals surface area contributed by atoms with Crippen LogP contribution in [0.25, 0.3) is 0 Å². The van der Waals surface area contributed by atoms with E-state index < -0.39 is 11.4 Å². The van der Waals surface area contributed by atoms with E-state index in [2.05, 4.69) is 10.3 Å². The van der Waals surface area contributed by atoms with Crippen molar-refractivity contribution in [3.8, 4) is 0 Å². The molecule has 0 saturated heterocycles. The van der Waals surface area contributed by atoms with E-state index in [1.54, 1.807) is 26.4 Å². The number of aliphatic carboxylic acids is 1. The maximum Gasteiger partial charge on any atom is 0.309 e. The molecule has 1 heterocycles. The van der Waals surface area contributed by atoms with Crippen molar-refractivity contribution in [2.45, 2.75) is 39.7 Å². The molecule has 0 aromatic carbocycles. The molecular formula is C13H21N3O3. The summed E-state index contributed by atoms with van der Waals surface area (Å²) in [5.74, 6) is -1.17. The van der Waals surface area contributed by atoms with Crippen LogP contribution in [-0.2, 0) is 16.1 Å². The Balaban J connectivity index is 2.12. The lowest BCUT2D eigenvalue weighted by molar-refractivity contribution is -0.149. The first-order valence-corrected chi connectivity index (χ1v) is 6.37. The summed E-state index contributed by atoms with van der Waals surface area (Å²) in [5, 5.41) is 11.7. The fourth-order valence-electron chi connectivity index (χ4n) is 1.61. The Morgan fingerprint density at radius 2 is 2.11 bits per heavy atom. The first kappa shape index (κ1) is 15.2. The number of unbranched alkanes of at least 4 members (excludes halogenated alkanes) is 1. The van der Waals surface area contributed by atoms with Gasteiger partial charge in [0.25, 0.3) is 0 Å². The lowest BCUT2D eigenvalue weighted by Crippen LogP contribution is -2.33. The van der Waals surface area contributed by atoms with Gasteiger partial charge in [0, 0.05) is 31.9 Å². The fraction of sp³-hybridized carbons (Fsp3) is 0.615. The molecule has 0 radical (unpaired) electrons. The first-order valence-electron chi connectivity index (χ1n) is 6.37. The number of hydrogen-bond acceptors (Lipinski definition) is 3. The van der Waals surface area contributed by atoms with Gasteiger partial charge in [-0.3, -0.25) is 9.59 Å². The second-order valence-electron chi connectivity index (χ2n) is 5.22. The smallest absolute Gasteiger partial charge is 0.309 e. The third-order valence-corrected chi connectivity index (χ3v) is 2.91. The minimum atomic E-state index is -1.01. The van der Waals surface area contributed by atoms with Crippen LogP contribution in [0.1, 0.15) is 33.1 Å². The Morgan fingerprint density at radius 1 is 1.37 bits per heavy atom. The van der Waals surface area contributed by atoms with E-state index in [1.807, 2.05) is 10.8 Å². The predicted molar refractivity (Wildman–Crippen MR) is 70.5 cm³/mol. The highest BCUT2D eigenvalue weighted by atomic mass is 16.4. The molecule has 106 valence electrons. The van der Waals surface area contributed by atoms with Crippen LogP contribution in [0.3, 0.4) is 0 Å². The van der Waals surface area contributed by atoms with Crippen molar-refractivity contribution in [2.75, 3.05) is 6.54 Å². The summed E-state index contributed by atoms with van der Waals surface area (Å²) < 4.78 is 1.98. The van der Waals surface area contributed by atoms with Gasteiger partial charge in [-0.25, -0.2) is 4.98 Å². The summed E-state index contributed by atoms with van der Waals surface area (Å²) in [4.78, 5) is 26.4. The molecule has 0 spiro atoms. The van der Waals surface area contributed by atoms with Crippen LogP contribution in [0, 0.1) is 5.41 Å². The van der Waals surface area contributed by atoms with Crippen LogP contribution in [0.5, 0.6) is 0 Å². The number of imidazole rings is 1. The molecule has 0 bridgehead atoms. The number of amides is 1. The van der Waals surface area contributed by atoms with Crippen LogP contribution >= 0.6 is 0 Å². The number of rotatable bonds is 8. The van der Waals surface area contributed by atoms with Gasteiger partial charge >= 0.3 is 5.97 Å². The quantitative estimate of drug-likeness (QED) is 0.695. The summed E-state index contributed by atoms with van der Waals surface area (Å²) in [7, 11) is 0. The molecule has 0 atom stereocenters. The number of carboxylic acids is 1. The van der Waals surface area contributed by atoms with Gasteiger partial charge in [0.2, 0.25) is 5.91 Å². The number of hydrogen-bond donors (Lipinski definition) is 2. The Morgan fingerprint density at radius 3 is 2.68 bits per heavy atom. The topological polar surface area (TPSA) is 84.2 Å². The zero-order valence-corrected chi connectivity index (χ0v) is 11.4. The van der Waals surface area contributed by atoms with Gasteiger partial charge in [0.1, 0.15) is 0 Å². The third-order valence-electron chi connectivity index (χ3n) is 2.91. The van der Waals surface area contributed by atoms with E-state index >= 15 is 0 Å². The minimum Gasteiger partial charge on any atom is -0.481 e. The molecular weight excluding hydrogens is 246 g/mol. The van der Waals surface area contributed by atoms with Gasteiger partial charge in [-0.15, -0.1) is 0 Å². The summed E-state index contributed by atoms with van der Waals surface area (Å²) in [6.07, 6.45) is 7.19. The number of carbonyl (C=O) groups excluding carboxylic acids is 1. The van der Waals surface area contributed by atoms with Gasteiger partial charge in [-0.1, -0.05) is 0 Å². The molecule has 6 nitrogen and oxygen atoms in total. The van der Waals surface area contributed by atoms with Crippen molar-refractivity contribution in [1.29, 1.82) is 0 Å². The van der Waals surface area contributed by atoms with E-state index in [0.29, 0.717) is 6.54 Å². The van der Waals surface area contributed by atoms with Crippen molar-refractivity contribution < 1.29 is 14.7 Å². The standard InChI is InChI=1S/C13H21N3O3/c1-13(2,12(18)19)9-11(17)15-5-3-4-7-16-8-6-14-10-16/h6,8,10H,3-5,7,9H2,1-2H3,(H,15,17)(H,18,19). The van der Waals surface area contributed by atoms with Crippen LogP contribution in [0.4, 0.5) is 0 Å². The highest BCUT2D eigenvalue weighted by molar-refractivity contribution is 5.84. The van der Waals surface area contributed by atoms with E-state index in [-0.39, 0.29) is 12.3 Å². The van der Waals surface area contributed by atoms with Gasteiger partial charge in [-0.05, 0) is 26.7 Å². The highest BCUT2D eigenvalue weighted by Gasteiger charge is 2.29. The molecule has 0 aliphatic carbocycles. The minimum absolute atomic E-state index is 0.00382. The van der Waals surface area contributed by atoms with Crippen LogP contribution in [0.15, 0.2) is 18.7 Å². The van der Waals surface area contributed by atoms with Crippen molar-refractivity contribution in [1.82, 2.24) is 14.9 Å². The van der Waals surface area contributed by atoms with Crippen LogP contribution in [-0.4, -0.2) is 33.1 Å². The Hall–Kier alpha value is -1.85. The number of carbonyl (C=O) groups is 2. The molecule has 0 fully saturated rings. The SMILES string of the molecule is CC(C)(CC(=O)NCCCCn1ccnc1)C(=O)O. The summed E-state index contributed by atoms with van der Waals surface area (Å²) in [6.45, 7) is 4.54. The van der Waals surface area contributed by atoms with E-state index in [9.17, 15) is 9.59 Å². The van der Waals surface area contributed by atoms with Crippen LogP contribution in [0.2, 0.25) is 0 Å². The molecule has 6 heteroatoms. The Labute approximate surface area is 112 Å². The van der Waals surface area contributed by atoms with E-state index in [0.717, 1.165) is 19.4 Å². The van der Waals surface area contributed by atoms with Crippen molar-refractivity contribution in [2.24, 2.45) is 5.41 Å². The zero-order valence-electron chi connectivity index (χ0n) is 11.4. The number of aromatic nitrogens is 2. The van der Waals surface area contributed by atoms with Gasteiger partial charge < -0.3 is 15.0 Å². The summed E-state index contributed by atoms with van der Waals surface area (Å²) in [6, 6.07) is 0. The number of aryl methyl sites for hydroxylation is 1. The Bertz CT molecular complexity index is 413. The van der Waals surface area contributed by atoms with Crippen molar-refractivity contribution in [3.05, 3.63) is 18.7 Å². The number of carboxylic acid groups (broad SMARTS) is 1. The molecule has 0 unspecified atom stereocenters. The molecule has 19 heavy (non-hydrogen) atoms. The molecule has 0 aliphatic heterocycles. The molecule has 2 N–H and O–H groups in total. The first-order chi connectivity index (χ1) is 8.92. The molecule has 0 saturated carbocycles. The zero-order chi connectivity index (χ0) is 14.3. The second-order valence-corrected chi connectivity index (χ2v) is 5.22. The monoisotopic (exact) mass is 267 g/mol. The maximum absolute atomic E-state index is 11.6. The number of nitrogens with zero attached hydrogens (tertiary/aromatic N) is 2. The Kier molecular flexibility index (Phi) is 5.54. The summed E-state index contributed by atoms with van der Waals surface area (Å²) >= 11 is 0. The maximum atomic E-state index is 11.6. The molecule has 1 aromatic rings. The molecule has 0 aliphatic rings.